The van der Waals surface area contributed by atoms with Gasteiger partial charge in [-0.2, -0.15) is 5.10 Å². The molecule has 0 spiro atoms. The van der Waals surface area contributed by atoms with Gasteiger partial charge in [-0.1, -0.05) is 42.5 Å². The number of rotatable bonds is 7. The van der Waals surface area contributed by atoms with E-state index in [1.807, 2.05) is 54.6 Å². The van der Waals surface area contributed by atoms with Crippen molar-refractivity contribution < 1.29 is 19.1 Å². The normalized spacial score (nSPS) is 11.1. The zero-order chi connectivity index (χ0) is 23.7. The van der Waals surface area contributed by atoms with E-state index in [4.69, 9.17) is 0 Å². The third kappa shape index (κ3) is 4.11. The fraction of sp³-hybridized carbons (Fsp3) is 0.0741. The van der Waals surface area contributed by atoms with Crippen LogP contribution in [0.4, 0.5) is 15.8 Å². The van der Waals surface area contributed by atoms with Gasteiger partial charge in [-0.3, -0.25) is 19.2 Å². The first-order valence-corrected chi connectivity index (χ1v) is 10.7. The molecule has 0 aliphatic carbocycles. The minimum atomic E-state index is -0.924. The highest BCUT2D eigenvalue weighted by Crippen LogP contribution is 2.28. The number of carbonyl (C=O) groups is 2. The summed E-state index contributed by atoms with van der Waals surface area (Å²) in [6.07, 6.45) is 0.609. The molecule has 168 valence electrons. The van der Waals surface area contributed by atoms with Crippen molar-refractivity contribution in [3.05, 3.63) is 102 Å². The van der Waals surface area contributed by atoms with Gasteiger partial charge in [-0.25, -0.2) is 4.39 Å². The van der Waals surface area contributed by atoms with E-state index in [0.717, 1.165) is 33.6 Å². The first-order chi connectivity index (χ1) is 16.5. The van der Waals surface area contributed by atoms with E-state index >= 15 is 0 Å². The Morgan fingerprint density at radius 3 is 2.41 bits per heavy atom. The number of hydrogen-bond donors (Lipinski definition) is 1. The molecule has 0 saturated heterocycles. The van der Waals surface area contributed by atoms with Crippen LogP contribution in [-0.4, -0.2) is 27.3 Å². The SMILES string of the molecule is O=CN(c1ccc(Cn2nc(CC(=O)O)c3ccccc32)cc1)c1ccc2cc(F)ccc2c1. The molecule has 0 bridgehead atoms. The molecule has 0 unspecified atom stereocenters. The zero-order valence-corrected chi connectivity index (χ0v) is 18.1. The molecular weight excluding hydrogens is 433 g/mol. The second kappa shape index (κ2) is 8.78. The number of aliphatic carboxylic acids is 1. The summed E-state index contributed by atoms with van der Waals surface area (Å²) in [6, 6.07) is 25.0. The second-order valence-corrected chi connectivity index (χ2v) is 8.01. The zero-order valence-electron chi connectivity index (χ0n) is 18.1. The summed E-state index contributed by atoms with van der Waals surface area (Å²) in [4.78, 5) is 24.7. The molecule has 0 aliphatic heterocycles. The molecule has 0 fully saturated rings. The van der Waals surface area contributed by atoms with Crippen LogP contribution < -0.4 is 4.90 Å². The smallest absolute Gasteiger partial charge is 0.309 e. The van der Waals surface area contributed by atoms with Gasteiger partial charge in [0.05, 0.1) is 24.2 Å². The molecule has 6 nitrogen and oxygen atoms in total. The third-order valence-corrected chi connectivity index (χ3v) is 5.77. The van der Waals surface area contributed by atoms with Crippen LogP contribution in [0.1, 0.15) is 11.3 Å². The molecule has 1 amide bonds. The van der Waals surface area contributed by atoms with Crippen LogP contribution in [-0.2, 0) is 22.6 Å². The predicted octanol–water partition coefficient (Wildman–Crippen LogP) is 5.30. The van der Waals surface area contributed by atoms with Crippen LogP contribution in [0.5, 0.6) is 0 Å². The monoisotopic (exact) mass is 453 g/mol. The number of carboxylic acid groups (broad SMARTS) is 1. The number of anilines is 2. The number of para-hydroxylation sites is 1. The molecule has 0 radical (unpaired) electrons. The Labute approximate surface area is 194 Å². The molecule has 0 saturated carbocycles. The third-order valence-electron chi connectivity index (χ3n) is 5.77. The summed E-state index contributed by atoms with van der Waals surface area (Å²) in [7, 11) is 0. The number of fused-ring (bicyclic) bond motifs is 2. The maximum absolute atomic E-state index is 13.5. The average molecular weight is 453 g/mol. The Kier molecular flexibility index (Phi) is 5.51. The molecule has 7 heteroatoms. The molecule has 4 aromatic carbocycles. The lowest BCUT2D eigenvalue weighted by molar-refractivity contribution is -0.136. The number of halogens is 1. The minimum absolute atomic E-state index is 0.140. The van der Waals surface area contributed by atoms with Crippen molar-refractivity contribution >= 4 is 45.4 Å². The quantitative estimate of drug-likeness (QED) is 0.340. The molecule has 5 aromatic rings. The highest BCUT2D eigenvalue weighted by atomic mass is 19.1. The number of hydrogen-bond acceptors (Lipinski definition) is 3. The number of nitrogens with zero attached hydrogens (tertiary/aromatic N) is 3. The average Bonchev–Trinajstić information content (AvgIpc) is 3.17. The molecular formula is C27H20FN3O3. The molecule has 0 atom stereocenters. The largest absolute Gasteiger partial charge is 0.481 e. The van der Waals surface area contributed by atoms with E-state index in [1.165, 1.54) is 17.0 Å². The highest BCUT2D eigenvalue weighted by Gasteiger charge is 2.14. The van der Waals surface area contributed by atoms with Crippen LogP contribution in [0.25, 0.3) is 21.7 Å². The molecule has 0 aliphatic rings. The number of benzene rings is 4. The van der Waals surface area contributed by atoms with Crippen molar-refractivity contribution in [2.45, 2.75) is 13.0 Å². The van der Waals surface area contributed by atoms with E-state index in [-0.39, 0.29) is 12.2 Å². The lowest BCUT2D eigenvalue weighted by Gasteiger charge is -2.18. The summed E-state index contributed by atoms with van der Waals surface area (Å²) in [5.41, 5.74) is 3.72. The van der Waals surface area contributed by atoms with Gasteiger partial charge in [0.2, 0.25) is 6.41 Å². The lowest BCUT2D eigenvalue weighted by atomic mass is 10.1. The molecule has 1 N–H and O–H groups in total. The lowest BCUT2D eigenvalue weighted by Crippen LogP contribution is -2.14. The van der Waals surface area contributed by atoms with Crippen molar-refractivity contribution in [3.8, 4) is 0 Å². The Morgan fingerprint density at radius 1 is 0.941 bits per heavy atom. The van der Waals surface area contributed by atoms with Gasteiger partial charge in [0.15, 0.2) is 0 Å². The number of carbonyl (C=O) groups excluding carboxylic acids is 1. The maximum Gasteiger partial charge on any atom is 0.309 e. The van der Waals surface area contributed by atoms with Gasteiger partial charge >= 0.3 is 5.97 Å². The van der Waals surface area contributed by atoms with E-state index in [2.05, 4.69) is 5.10 Å². The summed E-state index contributed by atoms with van der Waals surface area (Å²) in [5, 5.41) is 16.1. The first kappa shape index (κ1) is 21.3. The summed E-state index contributed by atoms with van der Waals surface area (Å²) >= 11 is 0. The fourth-order valence-electron chi connectivity index (χ4n) is 4.15. The van der Waals surface area contributed by atoms with E-state index in [0.29, 0.717) is 23.6 Å². The van der Waals surface area contributed by atoms with Crippen molar-refractivity contribution in [1.29, 1.82) is 0 Å². The number of aromatic nitrogens is 2. The minimum Gasteiger partial charge on any atom is -0.481 e. The van der Waals surface area contributed by atoms with Crippen LogP contribution >= 0.6 is 0 Å². The van der Waals surface area contributed by atoms with Crippen molar-refractivity contribution in [2.24, 2.45) is 0 Å². The van der Waals surface area contributed by atoms with Crippen LogP contribution in [0.15, 0.2) is 84.9 Å². The van der Waals surface area contributed by atoms with Gasteiger partial charge in [0.25, 0.3) is 0 Å². The van der Waals surface area contributed by atoms with E-state index in [1.54, 1.807) is 22.9 Å². The van der Waals surface area contributed by atoms with Gasteiger partial charge in [0, 0.05) is 16.8 Å². The number of amides is 1. The van der Waals surface area contributed by atoms with Gasteiger partial charge < -0.3 is 5.11 Å². The highest BCUT2D eigenvalue weighted by molar-refractivity contribution is 5.93. The Balaban J connectivity index is 1.42. The Bertz CT molecular complexity index is 1530. The first-order valence-electron chi connectivity index (χ1n) is 10.7. The number of carboxylic acids is 1. The predicted molar refractivity (Wildman–Crippen MR) is 129 cm³/mol. The van der Waals surface area contributed by atoms with Gasteiger partial charge in [-0.15, -0.1) is 0 Å². The standard InChI is InChI=1S/C27H20FN3O3/c28-21-9-7-20-14-23(12-8-19(20)13-21)30(17-32)22-10-5-18(6-11-22)16-31-26-4-2-1-3-24(26)25(29-31)15-27(33)34/h1-14,17H,15-16H2,(H,33,34). The molecule has 34 heavy (non-hydrogen) atoms. The molecule has 5 rings (SSSR count). The van der Waals surface area contributed by atoms with Crippen LogP contribution in [0.2, 0.25) is 0 Å². The topological polar surface area (TPSA) is 75.4 Å². The molecule has 1 aromatic heterocycles. The molecule has 1 heterocycles. The fourth-order valence-corrected chi connectivity index (χ4v) is 4.15. The van der Waals surface area contributed by atoms with Gasteiger partial charge in [0.1, 0.15) is 5.82 Å². The summed E-state index contributed by atoms with van der Waals surface area (Å²) in [6.45, 7) is 0.461. The van der Waals surface area contributed by atoms with Crippen molar-refractivity contribution in [3.63, 3.8) is 0 Å². The van der Waals surface area contributed by atoms with Crippen LogP contribution in [0, 0.1) is 5.82 Å². The second-order valence-electron chi connectivity index (χ2n) is 8.01. The Morgan fingerprint density at radius 2 is 1.65 bits per heavy atom. The van der Waals surface area contributed by atoms with Crippen LogP contribution in [0.3, 0.4) is 0 Å². The summed E-state index contributed by atoms with van der Waals surface area (Å²) in [5.74, 6) is -1.23. The maximum atomic E-state index is 13.5. The van der Waals surface area contributed by atoms with E-state index in [9.17, 15) is 19.1 Å². The Hall–Kier alpha value is -4.52. The van der Waals surface area contributed by atoms with Crippen molar-refractivity contribution in [2.75, 3.05) is 4.90 Å². The van der Waals surface area contributed by atoms with Crippen molar-refractivity contribution in [1.82, 2.24) is 9.78 Å². The van der Waals surface area contributed by atoms with E-state index < -0.39 is 5.97 Å². The summed E-state index contributed by atoms with van der Waals surface area (Å²) < 4.78 is 15.3. The van der Waals surface area contributed by atoms with Gasteiger partial charge in [-0.05, 0) is 58.8 Å².